The molecule has 0 amide bonds. The summed E-state index contributed by atoms with van der Waals surface area (Å²) >= 11 is 0. The van der Waals surface area contributed by atoms with Gasteiger partial charge in [0.05, 0.1) is 5.69 Å². The van der Waals surface area contributed by atoms with Gasteiger partial charge in [0.2, 0.25) is 5.95 Å². The van der Waals surface area contributed by atoms with Gasteiger partial charge in [0, 0.05) is 24.5 Å². The van der Waals surface area contributed by atoms with Crippen molar-refractivity contribution in [2.75, 3.05) is 11.4 Å². The minimum absolute atomic E-state index is 0.0582. The van der Waals surface area contributed by atoms with Crippen LogP contribution in [0.4, 0.5) is 11.6 Å². The molecule has 0 unspecified atom stereocenters. The first-order chi connectivity index (χ1) is 17.7. The number of carbonyl (C=O) groups excluding carboxylic acids is 2. The Morgan fingerprint density at radius 1 is 0.750 bits per heavy atom. The van der Waals surface area contributed by atoms with Gasteiger partial charge in [0.15, 0.2) is 5.92 Å². The van der Waals surface area contributed by atoms with Crippen molar-refractivity contribution in [1.29, 1.82) is 0 Å². The molecule has 2 heterocycles. The third-order valence-corrected chi connectivity index (χ3v) is 6.05. The Morgan fingerprint density at radius 3 is 1.92 bits per heavy atom. The van der Waals surface area contributed by atoms with Crippen molar-refractivity contribution in [2.45, 2.75) is 25.6 Å². The summed E-state index contributed by atoms with van der Waals surface area (Å²) in [6, 6.07) is 26.1. The van der Waals surface area contributed by atoms with Crippen LogP contribution in [-0.4, -0.2) is 28.5 Å². The average Bonchev–Trinajstić information content (AvgIpc) is 3.38. The molecule has 0 N–H and O–H groups in total. The predicted molar refractivity (Wildman–Crippen MR) is 134 cm³/mol. The number of anilines is 2. The topological polar surface area (TPSA) is 81.6 Å². The Kier molecular flexibility index (Phi) is 6.98. The fourth-order valence-corrected chi connectivity index (χ4v) is 4.32. The Balaban J connectivity index is 1.47. The van der Waals surface area contributed by atoms with Gasteiger partial charge in [-0.05, 0) is 29.2 Å². The van der Waals surface area contributed by atoms with Crippen molar-refractivity contribution in [3.63, 3.8) is 0 Å². The number of hydrogen-bond acceptors (Lipinski definition) is 7. The van der Waals surface area contributed by atoms with Crippen LogP contribution in [-0.2, 0) is 38.7 Å². The number of hydrogen-bond donors (Lipinski definition) is 0. The molecule has 3 aromatic carbocycles. The SMILES string of the molecule is O=C(OCc1ccccc1)C(C(=O)OCc1ccccc1)c1cccc2c1N(c1ncccn1)CC2. The zero-order chi connectivity index (χ0) is 24.7. The molecule has 0 radical (unpaired) electrons. The van der Waals surface area contributed by atoms with Gasteiger partial charge in [-0.25, -0.2) is 9.97 Å². The van der Waals surface area contributed by atoms with E-state index < -0.39 is 17.9 Å². The summed E-state index contributed by atoms with van der Waals surface area (Å²) in [5, 5.41) is 0. The summed E-state index contributed by atoms with van der Waals surface area (Å²) in [6.07, 6.45) is 4.08. The van der Waals surface area contributed by atoms with Crippen molar-refractivity contribution in [3.05, 3.63) is 120 Å². The molecule has 0 fully saturated rings. The van der Waals surface area contributed by atoms with E-state index in [4.69, 9.17) is 9.47 Å². The Labute approximate surface area is 209 Å². The van der Waals surface area contributed by atoms with Crippen molar-refractivity contribution < 1.29 is 19.1 Å². The first-order valence-corrected chi connectivity index (χ1v) is 11.8. The highest BCUT2D eigenvalue weighted by molar-refractivity contribution is 6.02. The summed E-state index contributed by atoms with van der Waals surface area (Å²) in [7, 11) is 0. The number of ether oxygens (including phenoxy) is 2. The van der Waals surface area contributed by atoms with Crippen LogP contribution < -0.4 is 4.90 Å². The standard InChI is InChI=1S/C29H25N3O4/c33-27(35-19-21-9-3-1-4-10-21)25(28(34)36-20-22-11-5-2-6-12-22)24-14-7-13-23-15-18-32(26(23)24)29-30-16-8-17-31-29/h1-14,16-17,25H,15,18-20H2. The number of benzene rings is 3. The lowest BCUT2D eigenvalue weighted by atomic mass is 9.94. The van der Waals surface area contributed by atoms with E-state index in [0.29, 0.717) is 18.1 Å². The molecule has 0 aliphatic carbocycles. The third-order valence-electron chi connectivity index (χ3n) is 6.05. The van der Waals surface area contributed by atoms with E-state index in [-0.39, 0.29) is 13.2 Å². The van der Waals surface area contributed by atoms with Gasteiger partial charge >= 0.3 is 11.9 Å². The summed E-state index contributed by atoms with van der Waals surface area (Å²) < 4.78 is 11.3. The summed E-state index contributed by atoms with van der Waals surface area (Å²) in [6.45, 7) is 0.757. The molecule has 0 atom stereocenters. The number of carbonyl (C=O) groups is 2. The molecule has 1 aliphatic heterocycles. The monoisotopic (exact) mass is 479 g/mol. The van der Waals surface area contributed by atoms with Crippen molar-refractivity contribution in [1.82, 2.24) is 9.97 Å². The zero-order valence-electron chi connectivity index (χ0n) is 19.6. The Morgan fingerprint density at radius 2 is 1.33 bits per heavy atom. The van der Waals surface area contributed by atoms with Gasteiger partial charge in [-0.3, -0.25) is 9.59 Å². The van der Waals surface area contributed by atoms with Crippen molar-refractivity contribution in [2.24, 2.45) is 0 Å². The molecule has 4 aromatic rings. The second-order valence-electron chi connectivity index (χ2n) is 8.43. The van der Waals surface area contributed by atoms with Crippen molar-refractivity contribution >= 4 is 23.6 Å². The number of esters is 2. The van der Waals surface area contributed by atoms with Crippen LogP contribution in [0.1, 0.15) is 28.2 Å². The first-order valence-electron chi connectivity index (χ1n) is 11.8. The molecule has 1 aromatic heterocycles. The first kappa shape index (κ1) is 23.2. The van der Waals surface area contributed by atoms with Crippen LogP contribution in [0.2, 0.25) is 0 Å². The second-order valence-corrected chi connectivity index (χ2v) is 8.43. The van der Waals surface area contributed by atoms with Gasteiger partial charge in [-0.2, -0.15) is 0 Å². The van der Waals surface area contributed by atoms with Gasteiger partial charge in [-0.1, -0.05) is 78.9 Å². The van der Waals surface area contributed by atoms with Crippen molar-refractivity contribution in [3.8, 4) is 0 Å². The molecule has 0 bridgehead atoms. The highest BCUT2D eigenvalue weighted by Crippen LogP contribution is 2.40. The van der Waals surface area contributed by atoms with E-state index in [2.05, 4.69) is 9.97 Å². The molecule has 7 heteroatoms. The van der Waals surface area contributed by atoms with Crippen LogP contribution in [0, 0.1) is 0 Å². The number of rotatable bonds is 8. The molecule has 7 nitrogen and oxygen atoms in total. The minimum Gasteiger partial charge on any atom is -0.460 e. The van der Waals surface area contributed by atoms with Crippen LogP contribution in [0.25, 0.3) is 0 Å². The molecule has 5 rings (SSSR count). The molecular formula is C29H25N3O4. The van der Waals surface area contributed by atoms with E-state index in [1.165, 1.54) is 0 Å². The van der Waals surface area contributed by atoms with Crippen LogP contribution in [0.5, 0.6) is 0 Å². The number of fused-ring (bicyclic) bond motifs is 1. The fourth-order valence-electron chi connectivity index (χ4n) is 4.32. The van der Waals surface area contributed by atoms with E-state index in [1.807, 2.05) is 77.7 Å². The minimum atomic E-state index is -1.25. The molecule has 180 valence electrons. The van der Waals surface area contributed by atoms with Gasteiger partial charge in [0.1, 0.15) is 13.2 Å². The number of nitrogens with zero attached hydrogens (tertiary/aromatic N) is 3. The zero-order valence-corrected chi connectivity index (χ0v) is 19.6. The molecule has 36 heavy (non-hydrogen) atoms. The molecule has 0 saturated carbocycles. The summed E-state index contributed by atoms with van der Waals surface area (Å²) in [5.41, 5.74) is 3.95. The second kappa shape index (κ2) is 10.8. The maximum Gasteiger partial charge on any atom is 0.325 e. The van der Waals surface area contributed by atoms with Gasteiger partial charge in [0.25, 0.3) is 0 Å². The summed E-state index contributed by atoms with van der Waals surface area (Å²) in [4.78, 5) is 37.6. The smallest absolute Gasteiger partial charge is 0.325 e. The predicted octanol–water partition coefficient (Wildman–Crippen LogP) is 4.74. The third kappa shape index (κ3) is 5.10. The van der Waals surface area contributed by atoms with Crippen LogP contribution in [0.3, 0.4) is 0 Å². The largest absolute Gasteiger partial charge is 0.460 e. The van der Waals surface area contributed by atoms with Crippen LogP contribution in [0.15, 0.2) is 97.3 Å². The normalized spacial score (nSPS) is 12.3. The van der Waals surface area contributed by atoms with E-state index in [1.54, 1.807) is 24.5 Å². The lowest BCUT2D eigenvalue weighted by Crippen LogP contribution is -2.28. The maximum absolute atomic E-state index is 13.4. The average molecular weight is 480 g/mol. The Bertz CT molecular complexity index is 1280. The highest BCUT2D eigenvalue weighted by Gasteiger charge is 2.37. The van der Waals surface area contributed by atoms with E-state index in [9.17, 15) is 9.59 Å². The van der Waals surface area contributed by atoms with Gasteiger partial charge in [-0.15, -0.1) is 0 Å². The lowest BCUT2D eigenvalue weighted by molar-refractivity contribution is -0.159. The summed E-state index contributed by atoms with van der Waals surface area (Å²) in [5.74, 6) is -2.06. The lowest BCUT2D eigenvalue weighted by Gasteiger charge is -2.23. The van der Waals surface area contributed by atoms with E-state index in [0.717, 1.165) is 28.8 Å². The fraction of sp³-hybridized carbons (Fsp3) is 0.172. The Hall–Kier alpha value is -4.52. The molecular weight excluding hydrogens is 454 g/mol. The van der Waals surface area contributed by atoms with Crippen LogP contribution >= 0.6 is 0 Å². The number of para-hydroxylation sites is 1. The molecule has 0 saturated heterocycles. The highest BCUT2D eigenvalue weighted by atomic mass is 16.6. The van der Waals surface area contributed by atoms with Gasteiger partial charge < -0.3 is 14.4 Å². The molecule has 1 aliphatic rings. The maximum atomic E-state index is 13.4. The quantitative estimate of drug-likeness (QED) is 0.267. The molecule has 0 spiro atoms. The number of aromatic nitrogens is 2. The van der Waals surface area contributed by atoms with E-state index >= 15 is 0 Å².